The molecule has 1 aromatic carbocycles. The fourth-order valence-electron chi connectivity index (χ4n) is 3.06. The van der Waals surface area contributed by atoms with Crippen LogP contribution < -0.4 is 10.6 Å². The summed E-state index contributed by atoms with van der Waals surface area (Å²) in [7, 11) is 1.79. The van der Waals surface area contributed by atoms with E-state index in [0.717, 1.165) is 42.7 Å². The number of benzene rings is 1. The van der Waals surface area contributed by atoms with E-state index in [1.54, 1.807) is 7.05 Å². The maximum atomic E-state index is 6.15. The standard InChI is InChI=1S/C20H28ClN5O.HI/c1-14(2)18-25-17(27-26-18)8-5-11-23-19(22-3)24-13-20(9-10-20)15-6-4-7-16(21)12-15;/h4,6-7,12,14H,5,8-11,13H2,1-3H3,(H2,22,23,24);1H. The first-order chi connectivity index (χ1) is 13.0. The Balaban J connectivity index is 0.00000280. The average Bonchev–Trinajstić information content (AvgIpc) is 3.30. The Bertz CT molecular complexity index is 788. The average molecular weight is 518 g/mol. The van der Waals surface area contributed by atoms with Crippen molar-refractivity contribution in [3.63, 3.8) is 0 Å². The molecule has 1 aromatic heterocycles. The van der Waals surface area contributed by atoms with Gasteiger partial charge in [0.25, 0.3) is 0 Å². The normalized spacial score (nSPS) is 15.2. The molecule has 1 aliphatic carbocycles. The minimum absolute atomic E-state index is 0. The quantitative estimate of drug-likeness (QED) is 0.236. The molecule has 6 nitrogen and oxygen atoms in total. The van der Waals surface area contributed by atoms with Gasteiger partial charge in [0.15, 0.2) is 11.8 Å². The highest BCUT2D eigenvalue weighted by molar-refractivity contribution is 14.0. The summed E-state index contributed by atoms with van der Waals surface area (Å²) in [6.45, 7) is 5.77. The SMILES string of the molecule is CN=C(NCCCc1nc(C(C)C)no1)NCC1(c2cccc(Cl)c2)CC1.I. The molecule has 0 amide bonds. The molecule has 0 saturated heterocycles. The third-order valence-electron chi connectivity index (χ3n) is 4.97. The Morgan fingerprint density at radius 3 is 2.71 bits per heavy atom. The Morgan fingerprint density at radius 2 is 2.11 bits per heavy atom. The number of aliphatic imine (C=N–C) groups is 1. The number of aromatic nitrogens is 2. The van der Waals surface area contributed by atoms with Gasteiger partial charge in [-0.05, 0) is 37.0 Å². The number of aryl methyl sites for hydroxylation is 1. The zero-order valence-electron chi connectivity index (χ0n) is 16.7. The Morgan fingerprint density at radius 1 is 1.32 bits per heavy atom. The second kappa shape index (κ2) is 10.4. The highest BCUT2D eigenvalue weighted by Crippen LogP contribution is 2.48. The third-order valence-corrected chi connectivity index (χ3v) is 5.20. The van der Waals surface area contributed by atoms with Crippen molar-refractivity contribution in [1.82, 2.24) is 20.8 Å². The molecule has 1 fully saturated rings. The molecule has 154 valence electrons. The maximum absolute atomic E-state index is 6.15. The van der Waals surface area contributed by atoms with Gasteiger partial charge in [-0.25, -0.2) is 0 Å². The predicted octanol–water partition coefficient (Wildman–Crippen LogP) is 4.29. The Kier molecular flexibility index (Phi) is 8.55. The van der Waals surface area contributed by atoms with Crippen molar-refractivity contribution in [2.75, 3.05) is 20.1 Å². The van der Waals surface area contributed by atoms with Crippen LogP contribution in [0, 0.1) is 0 Å². The number of nitrogens with zero attached hydrogens (tertiary/aromatic N) is 3. The van der Waals surface area contributed by atoms with Crippen LogP contribution in [0.25, 0.3) is 0 Å². The van der Waals surface area contributed by atoms with Gasteiger partial charge < -0.3 is 15.2 Å². The van der Waals surface area contributed by atoms with Crippen LogP contribution in [0.3, 0.4) is 0 Å². The molecule has 0 atom stereocenters. The molecule has 0 aliphatic heterocycles. The predicted molar refractivity (Wildman–Crippen MR) is 124 cm³/mol. The summed E-state index contributed by atoms with van der Waals surface area (Å²) in [4.78, 5) is 8.72. The van der Waals surface area contributed by atoms with Gasteiger partial charge in [0.1, 0.15) is 0 Å². The highest BCUT2D eigenvalue weighted by atomic mass is 127. The number of hydrogen-bond donors (Lipinski definition) is 2. The third kappa shape index (κ3) is 6.07. The second-order valence-corrected chi connectivity index (χ2v) is 7.88. The van der Waals surface area contributed by atoms with Gasteiger partial charge >= 0.3 is 0 Å². The fourth-order valence-corrected chi connectivity index (χ4v) is 3.25. The summed E-state index contributed by atoms with van der Waals surface area (Å²) in [6, 6.07) is 8.17. The highest BCUT2D eigenvalue weighted by Gasteiger charge is 2.44. The van der Waals surface area contributed by atoms with E-state index in [1.807, 2.05) is 12.1 Å². The monoisotopic (exact) mass is 517 g/mol. The minimum atomic E-state index is 0. The van der Waals surface area contributed by atoms with E-state index in [9.17, 15) is 0 Å². The molecule has 1 heterocycles. The van der Waals surface area contributed by atoms with E-state index in [-0.39, 0.29) is 35.3 Å². The minimum Gasteiger partial charge on any atom is -0.356 e. The number of hydrogen-bond acceptors (Lipinski definition) is 4. The van der Waals surface area contributed by atoms with Gasteiger partial charge in [-0.1, -0.05) is 42.7 Å². The van der Waals surface area contributed by atoms with Gasteiger partial charge in [-0.15, -0.1) is 24.0 Å². The molecule has 0 radical (unpaired) electrons. The molecule has 1 aliphatic rings. The van der Waals surface area contributed by atoms with Crippen LogP contribution in [0.2, 0.25) is 5.02 Å². The van der Waals surface area contributed by atoms with E-state index in [2.05, 4.69) is 51.7 Å². The van der Waals surface area contributed by atoms with Crippen LogP contribution >= 0.6 is 35.6 Å². The Labute approximate surface area is 188 Å². The number of rotatable bonds is 8. The Hall–Kier alpha value is -1.35. The zero-order chi connectivity index (χ0) is 19.3. The van der Waals surface area contributed by atoms with Crippen molar-refractivity contribution in [2.24, 2.45) is 4.99 Å². The van der Waals surface area contributed by atoms with Crippen LogP contribution in [-0.4, -0.2) is 36.2 Å². The van der Waals surface area contributed by atoms with Gasteiger partial charge in [-0.2, -0.15) is 4.98 Å². The summed E-state index contributed by atoms with van der Waals surface area (Å²) < 4.78 is 5.27. The lowest BCUT2D eigenvalue weighted by atomic mass is 9.96. The smallest absolute Gasteiger partial charge is 0.226 e. The molecule has 28 heavy (non-hydrogen) atoms. The topological polar surface area (TPSA) is 75.3 Å². The van der Waals surface area contributed by atoms with Crippen molar-refractivity contribution < 1.29 is 4.52 Å². The van der Waals surface area contributed by atoms with Gasteiger partial charge in [0.05, 0.1) is 0 Å². The summed E-state index contributed by atoms with van der Waals surface area (Å²) in [5, 5.41) is 11.6. The van der Waals surface area contributed by atoms with Crippen molar-refractivity contribution >= 4 is 41.5 Å². The van der Waals surface area contributed by atoms with Crippen LogP contribution in [0.1, 0.15) is 56.3 Å². The van der Waals surface area contributed by atoms with Gasteiger partial charge in [0.2, 0.25) is 5.89 Å². The molecular weight excluding hydrogens is 489 g/mol. The molecule has 3 rings (SSSR count). The lowest BCUT2D eigenvalue weighted by Crippen LogP contribution is -2.41. The largest absolute Gasteiger partial charge is 0.356 e. The molecule has 8 heteroatoms. The van der Waals surface area contributed by atoms with E-state index < -0.39 is 0 Å². The summed E-state index contributed by atoms with van der Waals surface area (Å²) in [5.41, 5.74) is 1.48. The molecule has 0 spiro atoms. The van der Waals surface area contributed by atoms with Crippen molar-refractivity contribution in [2.45, 2.75) is 50.9 Å². The van der Waals surface area contributed by atoms with E-state index >= 15 is 0 Å². The van der Waals surface area contributed by atoms with Crippen LogP contribution in [0.5, 0.6) is 0 Å². The van der Waals surface area contributed by atoms with E-state index in [0.29, 0.717) is 5.89 Å². The molecular formula is C20H29ClIN5O. The van der Waals surface area contributed by atoms with Crippen molar-refractivity contribution in [3.05, 3.63) is 46.6 Å². The van der Waals surface area contributed by atoms with Gasteiger partial charge in [0, 0.05) is 42.9 Å². The lowest BCUT2D eigenvalue weighted by Gasteiger charge is -2.19. The molecule has 2 N–H and O–H groups in total. The second-order valence-electron chi connectivity index (χ2n) is 7.45. The maximum Gasteiger partial charge on any atom is 0.226 e. The van der Waals surface area contributed by atoms with Crippen molar-refractivity contribution in [1.29, 1.82) is 0 Å². The molecule has 2 aromatic rings. The number of halogens is 2. The van der Waals surface area contributed by atoms with Crippen molar-refractivity contribution in [3.8, 4) is 0 Å². The first-order valence-electron chi connectivity index (χ1n) is 9.55. The molecule has 0 unspecified atom stereocenters. The van der Waals surface area contributed by atoms with Crippen LogP contribution in [0.15, 0.2) is 33.8 Å². The lowest BCUT2D eigenvalue weighted by molar-refractivity contribution is 0.368. The first-order valence-corrected chi connectivity index (χ1v) is 9.93. The molecule has 1 saturated carbocycles. The summed E-state index contributed by atoms with van der Waals surface area (Å²) >= 11 is 6.15. The number of nitrogens with one attached hydrogen (secondary N) is 2. The van der Waals surface area contributed by atoms with Gasteiger partial charge in [-0.3, -0.25) is 4.99 Å². The zero-order valence-corrected chi connectivity index (χ0v) is 19.8. The summed E-state index contributed by atoms with van der Waals surface area (Å²) in [6.07, 6.45) is 4.01. The summed E-state index contributed by atoms with van der Waals surface area (Å²) in [5.74, 6) is 2.57. The number of guanidine groups is 1. The van der Waals surface area contributed by atoms with E-state index in [1.165, 1.54) is 18.4 Å². The van der Waals surface area contributed by atoms with Crippen LogP contribution in [0.4, 0.5) is 0 Å². The van der Waals surface area contributed by atoms with E-state index in [4.69, 9.17) is 16.1 Å². The molecule has 0 bridgehead atoms. The fraction of sp³-hybridized carbons (Fsp3) is 0.550. The van der Waals surface area contributed by atoms with Crippen LogP contribution in [-0.2, 0) is 11.8 Å². The first kappa shape index (κ1) is 22.9.